The van der Waals surface area contributed by atoms with Crippen molar-refractivity contribution in [3.8, 4) is 5.75 Å². The van der Waals surface area contributed by atoms with Crippen LogP contribution in [-0.2, 0) is 16.1 Å². The molecule has 2 aromatic rings. The van der Waals surface area contributed by atoms with Crippen LogP contribution in [0, 0.1) is 5.92 Å². The maximum atomic E-state index is 12.4. The highest BCUT2D eigenvalue weighted by atomic mass is 32.2. The van der Waals surface area contributed by atoms with E-state index in [4.69, 9.17) is 4.74 Å². The summed E-state index contributed by atoms with van der Waals surface area (Å²) in [6, 6.07) is 5.80. The third-order valence-corrected chi connectivity index (χ3v) is 6.95. The van der Waals surface area contributed by atoms with Gasteiger partial charge in [0.05, 0.1) is 28.8 Å². The van der Waals surface area contributed by atoms with Gasteiger partial charge in [-0.3, -0.25) is 9.59 Å². The van der Waals surface area contributed by atoms with E-state index in [-0.39, 0.29) is 17.6 Å². The molecule has 1 aromatic heterocycles. The summed E-state index contributed by atoms with van der Waals surface area (Å²) in [5.41, 5.74) is 0.990. The van der Waals surface area contributed by atoms with Gasteiger partial charge in [0.25, 0.3) is 5.91 Å². The first-order valence-electron chi connectivity index (χ1n) is 9.73. The fourth-order valence-electron chi connectivity index (χ4n) is 3.29. The molecule has 8 heteroatoms. The van der Waals surface area contributed by atoms with Crippen molar-refractivity contribution in [2.45, 2.75) is 26.3 Å². The molecule has 2 heterocycles. The van der Waals surface area contributed by atoms with E-state index in [2.05, 4.69) is 18.5 Å². The summed E-state index contributed by atoms with van der Waals surface area (Å²) < 4.78 is 8.25. The highest BCUT2D eigenvalue weighted by Crippen LogP contribution is 2.23. The van der Waals surface area contributed by atoms with Gasteiger partial charge in [-0.25, -0.2) is 0 Å². The van der Waals surface area contributed by atoms with Gasteiger partial charge in [0.2, 0.25) is 5.91 Å². The zero-order chi connectivity index (χ0) is 20.8. The Morgan fingerprint density at radius 3 is 2.79 bits per heavy atom. The van der Waals surface area contributed by atoms with Crippen LogP contribution in [0.5, 0.6) is 5.75 Å². The lowest BCUT2D eigenvalue weighted by Crippen LogP contribution is -2.39. The molecule has 0 N–H and O–H groups in total. The van der Waals surface area contributed by atoms with Crippen molar-refractivity contribution in [2.75, 3.05) is 31.7 Å². The molecule has 1 aliphatic heterocycles. The number of thioether (sulfide) groups is 1. The van der Waals surface area contributed by atoms with Crippen LogP contribution in [-0.4, -0.2) is 53.0 Å². The number of aromatic nitrogens is 1. The van der Waals surface area contributed by atoms with Crippen LogP contribution in [0.15, 0.2) is 35.8 Å². The van der Waals surface area contributed by atoms with Gasteiger partial charge in [-0.05, 0) is 37.0 Å². The summed E-state index contributed by atoms with van der Waals surface area (Å²) in [6.45, 7) is 8.24. The molecule has 1 aromatic carbocycles. The average Bonchev–Trinajstić information content (AvgIpc) is 3.04. The molecule has 0 aliphatic carbocycles. The molecule has 156 valence electrons. The number of hydrogen-bond acceptors (Lipinski definition) is 5. The lowest BCUT2D eigenvalue weighted by Gasteiger charge is -2.30. The molecular formula is C21H27N3O3S2. The third kappa shape index (κ3) is 5.51. The maximum absolute atomic E-state index is 12.4. The molecule has 0 spiro atoms. The van der Waals surface area contributed by atoms with Gasteiger partial charge in [0.1, 0.15) is 5.75 Å². The van der Waals surface area contributed by atoms with Crippen molar-refractivity contribution in [3.63, 3.8) is 0 Å². The number of carbonyl (C=O) groups excluding carboxylic acids is 2. The van der Waals surface area contributed by atoms with Crippen LogP contribution in [0.1, 0.15) is 19.8 Å². The van der Waals surface area contributed by atoms with Crippen LogP contribution in [0.2, 0.25) is 0 Å². The zero-order valence-electron chi connectivity index (χ0n) is 16.9. The number of amides is 2. The highest BCUT2D eigenvalue weighted by Gasteiger charge is 2.20. The van der Waals surface area contributed by atoms with E-state index in [0.717, 1.165) is 41.9 Å². The van der Waals surface area contributed by atoms with Gasteiger partial charge in [0, 0.05) is 19.6 Å². The van der Waals surface area contributed by atoms with Crippen LogP contribution in [0.3, 0.4) is 0 Å². The van der Waals surface area contributed by atoms with Crippen LogP contribution in [0.25, 0.3) is 10.2 Å². The predicted molar refractivity (Wildman–Crippen MR) is 119 cm³/mol. The average molecular weight is 434 g/mol. The second kappa shape index (κ2) is 10.1. The van der Waals surface area contributed by atoms with Crippen LogP contribution in [0.4, 0.5) is 0 Å². The Labute approximate surface area is 179 Å². The molecule has 0 unspecified atom stereocenters. The minimum absolute atomic E-state index is 0.116. The maximum Gasteiger partial charge on any atom is 0.258 e. The van der Waals surface area contributed by atoms with Crippen LogP contribution >= 0.6 is 23.1 Å². The largest absolute Gasteiger partial charge is 0.497 e. The SMILES string of the molecule is C=CCn1c(=NC(=O)CSCC(=O)N2CCC(C)CC2)sc2cc(OC)ccc21. The summed E-state index contributed by atoms with van der Waals surface area (Å²) in [7, 11) is 1.63. The Morgan fingerprint density at radius 2 is 2.10 bits per heavy atom. The summed E-state index contributed by atoms with van der Waals surface area (Å²) in [4.78, 5) is 31.5. The Bertz CT molecular complexity index is 956. The Morgan fingerprint density at radius 1 is 1.34 bits per heavy atom. The minimum Gasteiger partial charge on any atom is -0.497 e. The summed E-state index contributed by atoms with van der Waals surface area (Å²) >= 11 is 2.78. The molecule has 1 saturated heterocycles. The van der Waals surface area contributed by atoms with Gasteiger partial charge < -0.3 is 14.2 Å². The number of hydrogen-bond donors (Lipinski definition) is 0. The molecule has 1 aliphatic rings. The van der Waals surface area contributed by atoms with Crippen molar-refractivity contribution in [2.24, 2.45) is 10.9 Å². The minimum atomic E-state index is -0.230. The smallest absolute Gasteiger partial charge is 0.258 e. The van der Waals surface area contributed by atoms with Gasteiger partial charge in [-0.15, -0.1) is 18.3 Å². The second-order valence-electron chi connectivity index (χ2n) is 7.18. The number of benzene rings is 1. The number of fused-ring (bicyclic) bond motifs is 1. The lowest BCUT2D eigenvalue weighted by molar-refractivity contribution is -0.129. The molecule has 2 amide bonds. The molecular weight excluding hydrogens is 406 g/mol. The van der Waals surface area contributed by atoms with Crippen molar-refractivity contribution in [1.82, 2.24) is 9.47 Å². The molecule has 0 atom stereocenters. The van der Waals surface area contributed by atoms with Crippen LogP contribution < -0.4 is 9.54 Å². The molecule has 6 nitrogen and oxygen atoms in total. The van der Waals surface area contributed by atoms with Gasteiger partial charge in [-0.1, -0.05) is 24.3 Å². The first kappa shape index (κ1) is 21.6. The number of piperidine rings is 1. The molecule has 3 rings (SSSR count). The number of rotatable bonds is 7. The normalized spacial score (nSPS) is 15.7. The van der Waals surface area contributed by atoms with Crippen molar-refractivity contribution < 1.29 is 14.3 Å². The third-order valence-electron chi connectivity index (χ3n) is 5.01. The van der Waals surface area contributed by atoms with Crippen molar-refractivity contribution in [1.29, 1.82) is 0 Å². The Balaban J connectivity index is 1.65. The molecule has 0 saturated carbocycles. The number of thiazole rings is 1. The highest BCUT2D eigenvalue weighted by molar-refractivity contribution is 8.00. The fraction of sp³-hybridized carbons (Fsp3) is 0.476. The standard InChI is InChI=1S/C21H27N3O3S2/c1-4-9-24-17-6-5-16(27-3)12-18(17)29-21(24)22-19(25)13-28-14-20(26)23-10-7-15(2)8-11-23/h4-6,12,15H,1,7-11,13-14H2,2-3H3. The number of allylic oxidation sites excluding steroid dienone is 1. The lowest BCUT2D eigenvalue weighted by atomic mass is 9.99. The van der Waals surface area contributed by atoms with E-state index in [1.807, 2.05) is 27.7 Å². The molecule has 0 radical (unpaired) electrons. The number of nitrogens with zero attached hydrogens (tertiary/aromatic N) is 3. The quantitative estimate of drug-likeness (QED) is 0.629. The first-order chi connectivity index (χ1) is 14.0. The Kier molecular flexibility index (Phi) is 7.55. The number of methoxy groups -OCH3 is 1. The first-order valence-corrected chi connectivity index (χ1v) is 11.7. The summed E-state index contributed by atoms with van der Waals surface area (Å²) in [6.07, 6.45) is 3.90. The van der Waals surface area contributed by atoms with E-state index in [1.165, 1.54) is 23.1 Å². The van der Waals surface area contributed by atoms with Gasteiger partial charge in [0.15, 0.2) is 4.80 Å². The number of likely N-dealkylation sites (tertiary alicyclic amines) is 1. The summed E-state index contributed by atoms with van der Waals surface area (Å²) in [5.74, 6) is 1.86. The van der Waals surface area contributed by atoms with Gasteiger partial charge in [-0.2, -0.15) is 4.99 Å². The molecule has 29 heavy (non-hydrogen) atoms. The number of ether oxygens (including phenoxy) is 1. The van der Waals surface area contributed by atoms with E-state index in [9.17, 15) is 9.59 Å². The van der Waals surface area contributed by atoms with Gasteiger partial charge >= 0.3 is 0 Å². The predicted octanol–water partition coefficient (Wildman–Crippen LogP) is 3.32. The topological polar surface area (TPSA) is 63.9 Å². The molecule has 0 bridgehead atoms. The van der Waals surface area contributed by atoms with E-state index in [0.29, 0.717) is 23.0 Å². The summed E-state index contributed by atoms with van der Waals surface area (Å²) in [5, 5.41) is 0. The van der Waals surface area contributed by atoms with E-state index < -0.39 is 0 Å². The Hall–Kier alpha value is -2.06. The monoisotopic (exact) mass is 433 g/mol. The van der Waals surface area contributed by atoms with E-state index in [1.54, 1.807) is 13.2 Å². The van der Waals surface area contributed by atoms with Crippen molar-refractivity contribution >= 4 is 45.1 Å². The van der Waals surface area contributed by atoms with Crippen molar-refractivity contribution in [3.05, 3.63) is 35.7 Å². The second-order valence-corrected chi connectivity index (χ2v) is 9.17. The number of carbonyl (C=O) groups is 2. The van der Waals surface area contributed by atoms with E-state index >= 15 is 0 Å². The zero-order valence-corrected chi connectivity index (χ0v) is 18.6. The fourth-order valence-corrected chi connectivity index (χ4v) is 5.07. The molecule has 1 fully saturated rings.